The second-order valence-corrected chi connectivity index (χ2v) is 10.3. The van der Waals surface area contributed by atoms with E-state index in [1.165, 1.54) is 49.4 Å². The van der Waals surface area contributed by atoms with Crippen LogP contribution in [0.2, 0.25) is 0 Å². The molecule has 0 unspecified atom stereocenters. The first kappa shape index (κ1) is 18.3. The number of hydrogen-bond donors (Lipinski definition) is 0. The molecule has 0 fully saturated rings. The molecule has 1 aliphatic rings. The molecule has 2 aromatic heterocycles. The van der Waals surface area contributed by atoms with Crippen LogP contribution in [0.3, 0.4) is 0 Å². The summed E-state index contributed by atoms with van der Waals surface area (Å²) in [6, 6.07) is 11.3. The van der Waals surface area contributed by atoms with Crippen LogP contribution in [-0.2, 0) is 11.8 Å². The van der Waals surface area contributed by atoms with Crippen molar-refractivity contribution in [3.63, 3.8) is 0 Å². The van der Waals surface area contributed by atoms with E-state index in [1.807, 2.05) is 12.4 Å². The van der Waals surface area contributed by atoms with Gasteiger partial charge in [-0.3, -0.25) is 9.97 Å². The fourth-order valence-corrected chi connectivity index (χ4v) is 5.05. The average molecular weight is 381 g/mol. The Labute approximate surface area is 173 Å². The summed E-state index contributed by atoms with van der Waals surface area (Å²) in [6.07, 6.45) is 7.17. The molecule has 0 spiro atoms. The van der Waals surface area contributed by atoms with Gasteiger partial charge in [-0.2, -0.15) is 0 Å². The largest absolute Gasteiger partial charge is 0.264 e. The molecule has 0 aliphatic heterocycles. The van der Waals surface area contributed by atoms with Crippen molar-refractivity contribution in [3.8, 4) is 11.3 Å². The molecule has 0 saturated carbocycles. The number of fused-ring (bicyclic) bond motifs is 4. The Morgan fingerprint density at radius 2 is 1.72 bits per heavy atom. The van der Waals surface area contributed by atoms with Crippen molar-refractivity contribution in [2.45, 2.75) is 53.4 Å². The molecular weight excluding hydrogens is 352 g/mol. The van der Waals surface area contributed by atoms with Crippen molar-refractivity contribution in [2.75, 3.05) is 0 Å². The molecular formula is C27H28N2. The molecule has 2 heterocycles. The van der Waals surface area contributed by atoms with Gasteiger partial charge in [0.25, 0.3) is 0 Å². The predicted molar refractivity (Wildman–Crippen MR) is 123 cm³/mol. The van der Waals surface area contributed by atoms with Crippen molar-refractivity contribution in [1.29, 1.82) is 0 Å². The third-order valence-electron chi connectivity index (χ3n) is 6.38. The molecule has 2 nitrogen and oxygen atoms in total. The molecule has 0 amide bonds. The Hall–Kier alpha value is -2.74. The van der Waals surface area contributed by atoms with Crippen LogP contribution in [0.15, 0.2) is 48.9 Å². The minimum atomic E-state index is -0.157. The lowest BCUT2D eigenvalue weighted by Crippen LogP contribution is -2.25. The normalized spacial score (nSPS) is 15.0. The summed E-state index contributed by atoms with van der Waals surface area (Å²) in [5.74, 6) is 0. The van der Waals surface area contributed by atoms with E-state index in [2.05, 4.69) is 83.1 Å². The lowest BCUT2D eigenvalue weighted by atomic mass is 9.69. The van der Waals surface area contributed by atoms with E-state index in [4.69, 9.17) is 4.98 Å². The van der Waals surface area contributed by atoms with Crippen LogP contribution in [0.5, 0.6) is 0 Å². The molecule has 0 radical (unpaired) electrons. The number of aryl methyl sites for hydroxylation is 1. The van der Waals surface area contributed by atoms with Crippen LogP contribution < -0.4 is 0 Å². The number of benzene rings is 2. The summed E-state index contributed by atoms with van der Waals surface area (Å²) in [6.45, 7) is 13.7. The fraction of sp³-hybridized carbons (Fsp3) is 0.333. The smallest absolute Gasteiger partial charge is 0.0755 e. The van der Waals surface area contributed by atoms with Gasteiger partial charge in [-0.05, 0) is 51.8 Å². The SMILES string of the molecule is Cc1ccc2c3c(cncc13)C(C)(C)c1c-2ncc2ccc(CC(C)(C)C)cc12. The molecule has 4 aromatic rings. The summed E-state index contributed by atoms with van der Waals surface area (Å²) in [4.78, 5) is 9.59. The van der Waals surface area contributed by atoms with E-state index < -0.39 is 0 Å². The Balaban J connectivity index is 1.89. The zero-order chi connectivity index (χ0) is 20.6. The number of pyridine rings is 2. The van der Waals surface area contributed by atoms with Crippen LogP contribution in [0.25, 0.3) is 32.8 Å². The van der Waals surface area contributed by atoms with Crippen LogP contribution in [-0.4, -0.2) is 9.97 Å². The third-order valence-corrected chi connectivity index (χ3v) is 6.38. The molecule has 0 atom stereocenters. The summed E-state index contributed by atoms with van der Waals surface area (Å²) in [7, 11) is 0. The predicted octanol–water partition coefficient (Wildman–Crippen LogP) is 6.99. The van der Waals surface area contributed by atoms with Gasteiger partial charge in [-0.15, -0.1) is 0 Å². The van der Waals surface area contributed by atoms with E-state index >= 15 is 0 Å². The van der Waals surface area contributed by atoms with Crippen LogP contribution in [0, 0.1) is 12.3 Å². The Morgan fingerprint density at radius 1 is 0.931 bits per heavy atom. The molecule has 1 aliphatic carbocycles. The van der Waals surface area contributed by atoms with Gasteiger partial charge in [0.1, 0.15) is 0 Å². The number of nitrogens with zero attached hydrogens (tertiary/aromatic N) is 2. The van der Waals surface area contributed by atoms with Gasteiger partial charge in [0.05, 0.1) is 5.69 Å². The van der Waals surface area contributed by atoms with Crippen molar-refractivity contribution in [1.82, 2.24) is 9.97 Å². The summed E-state index contributed by atoms with van der Waals surface area (Å²) < 4.78 is 0. The van der Waals surface area contributed by atoms with Crippen LogP contribution in [0.1, 0.15) is 56.9 Å². The standard InChI is InChI=1S/C27H28N2/c1-16-7-10-19-23-21(16)14-28-15-22(23)27(5,6)24-20-11-17(12-26(2,3)4)8-9-18(20)13-29-25(19)24/h7-11,13-15H,12H2,1-6H3. The zero-order valence-electron chi connectivity index (χ0n) is 18.2. The second-order valence-electron chi connectivity index (χ2n) is 10.3. The zero-order valence-corrected chi connectivity index (χ0v) is 18.2. The molecule has 0 bridgehead atoms. The fourth-order valence-electron chi connectivity index (χ4n) is 5.05. The topological polar surface area (TPSA) is 25.8 Å². The van der Waals surface area contributed by atoms with E-state index in [-0.39, 0.29) is 10.8 Å². The average Bonchev–Trinajstić information content (AvgIpc) is 2.65. The first-order valence-corrected chi connectivity index (χ1v) is 10.5. The van der Waals surface area contributed by atoms with E-state index in [1.54, 1.807) is 0 Å². The van der Waals surface area contributed by atoms with Crippen LogP contribution >= 0.6 is 0 Å². The van der Waals surface area contributed by atoms with Gasteiger partial charge in [0.2, 0.25) is 0 Å². The van der Waals surface area contributed by atoms with Gasteiger partial charge in [0, 0.05) is 40.3 Å². The lowest BCUT2D eigenvalue weighted by molar-refractivity contribution is 0.411. The van der Waals surface area contributed by atoms with Gasteiger partial charge >= 0.3 is 0 Å². The maximum atomic E-state index is 4.98. The van der Waals surface area contributed by atoms with E-state index in [0.717, 1.165) is 12.1 Å². The second kappa shape index (κ2) is 5.89. The number of hydrogen-bond acceptors (Lipinski definition) is 2. The van der Waals surface area contributed by atoms with Gasteiger partial charge in [-0.25, -0.2) is 0 Å². The monoisotopic (exact) mass is 380 g/mol. The lowest BCUT2D eigenvalue weighted by Gasteiger charge is -2.35. The summed E-state index contributed by atoms with van der Waals surface area (Å²) in [5.41, 5.74) is 7.75. The summed E-state index contributed by atoms with van der Waals surface area (Å²) >= 11 is 0. The van der Waals surface area contributed by atoms with Gasteiger partial charge in [-0.1, -0.05) is 65.0 Å². The van der Waals surface area contributed by atoms with Crippen molar-refractivity contribution >= 4 is 21.5 Å². The Kier molecular flexibility index (Phi) is 3.71. The Bertz CT molecular complexity index is 1290. The van der Waals surface area contributed by atoms with Crippen molar-refractivity contribution in [2.24, 2.45) is 5.41 Å². The number of aromatic nitrogens is 2. The highest BCUT2D eigenvalue weighted by Crippen LogP contribution is 2.50. The molecule has 29 heavy (non-hydrogen) atoms. The minimum absolute atomic E-state index is 0.157. The molecule has 2 heteroatoms. The maximum Gasteiger partial charge on any atom is 0.0755 e. The molecule has 0 saturated heterocycles. The minimum Gasteiger partial charge on any atom is -0.264 e. The van der Waals surface area contributed by atoms with Crippen molar-refractivity contribution in [3.05, 3.63) is 71.2 Å². The molecule has 5 rings (SSSR count). The molecule has 0 N–H and O–H groups in total. The number of rotatable bonds is 1. The molecule has 2 aromatic carbocycles. The van der Waals surface area contributed by atoms with E-state index in [0.29, 0.717) is 0 Å². The highest BCUT2D eigenvalue weighted by molar-refractivity contribution is 6.06. The van der Waals surface area contributed by atoms with Gasteiger partial charge in [0.15, 0.2) is 0 Å². The van der Waals surface area contributed by atoms with Crippen molar-refractivity contribution < 1.29 is 0 Å². The third kappa shape index (κ3) is 2.69. The van der Waals surface area contributed by atoms with Crippen LogP contribution in [0.4, 0.5) is 0 Å². The highest BCUT2D eigenvalue weighted by atomic mass is 14.7. The first-order chi connectivity index (χ1) is 13.7. The first-order valence-electron chi connectivity index (χ1n) is 10.5. The van der Waals surface area contributed by atoms with E-state index in [9.17, 15) is 0 Å². The Morgan fingerprint density at radius 3 is 2.48 bits per heavy atom. The summed E-state index contributed by atoms with van der Waals surface area (Å²) in [5, 5.41) is 5.09. The maximum absolute atomic E-state index is 4.98. The molecule has 146 valence electrons. The quantitative estimate of drug-likeness (QED) is 0.356. The highest BCUT2D eigenvalue weighted by Gasteiger charge is 2.36. The van der Waals surface area contributed by atoms with Gasteiger partial charge < -0.3 is 0 Å².